The van der Waals surface area contributed by atoms with Crippen LogP contribution < -0.4 is 5.32 Å². The number of benzene rings is 1. The number of hydrogen-bond acceptors (Lipinski definition) is 2. The first kappa shape index (κ1) is 14.9. The normalized spacial score (nSPS) is 19.3. The topological polar surface area (TPSA) is 32.3 Å². The maximum Gasteiger partial charge on any atom is 0.406 e. The maximum atomic E-state index is 12.7. The smallest absolute Gasteiger partial charge is 0.387 e. The number of aliphatic hydroxyl groups is 1. The molecule has 1 unspecified atom stereocenters. The van der Waals surface area contributed by atoms with Crippen LogP contribution in [0, 0.1) is 0 Å². The molecule has 2 nitrogen and oxygen atoms in total. The van der Waals surface area contributed by atoms with E-state index in [9.17, 15) is 18.3 Å². The van der Waals surface area contributed by atoms with Crippen LogP contribution in [0.25, 0.3) is 0 Å². The molecule has 0 radical (unpaired) electrons. The Balaban J connectivity index is 2.02. The van der Waals surface area contributed by atoms with Gasteiger partial charge in [-0.05, 0) is 31.0 Å². The Bertz CT molecular complexity index is 475. The van der Waals surface area contributed by atoms with Gasteiger partial charge in [0.15, 0.2) is 0 Å². The highest BCUT2D eigenvalue weighted by Gasteiger charge is 2.63. The van der Waals surface area contributed by atoms with Crippen LogP contribution in [0.3, 0.4) is 0 Å². The molecule has 1 saturated carbocycles. The lowest BCUT2D eigenvalue weighted by Gasteiger charge is -2.23. The Morgan fingerprint density at radius 2 is 1.95 bits per heavy atom. The summed E-state index contributed by atoms with van der Waals surface area (Å²) in [6, 6.07) is 4.49. The van der Waals surface area contributed by atoms with Gasteiger partial charge in [-0.3, -0.25) is 0 Å². The molecule has 7 heteroatoms. The van der Waals surface area contributed by atoms with Crippen LogP contribution >= 0.6 is 23.2 Å². The molecule has 106 valence electrons. The third-order valence-electron chi connectivity index (χ3n) is 3.24. The van der Waals surface area contributed by atoms with Gasteiger partial charge in [-0.15, -0.1) is 0 Å². The average Bonchev–Trinajstić information content (AvgIpc) is 3.09. The van der Waals surface area contributed by atoms with Crippen molar-refractivity contribution in [2.45, 2.75) is 30.7 Å². The van der Waals surface area contributed by atoms with Gasteiger partial charge in [0.05, 0.1) is 6.10 Å². The number of alkyl halides is 3. The van der Waals surface area contributed by atoms with Crippen molar-refractivity contribution >= 4 is 23.2 Å². The van der Waals surface area contributed by atoms with E-state index in [0.717, 1.165) is 0 Å². The van der Waals surface area contributed by atoms with E-state index in [2.05, 4.69) is 5.32 Å². The zero-order chi connectivity index (χ0) is 14.3. The Kier molecular flexibility index (Phi) is 4.02. The van der Waals surface area contributed by atoms with Crippen molar-refractivity contribution in [1.29, 1.82) is 0 Å². The molecule has 0 spiro atoms. The summed E-state index contributed by atoms with van der Waals surface area (Å²) >= 11 is 11.6. The third kappa shape index (κ3) is 3.16. The van der Waals surface area contributed by atoms with Gasteiger partial charge in [0.25, 0.3) is 0 Å². The van der Waals surface area contributed by atoms with Gasteiger partial charge in [0.1, 0.15) is 5.54 Å². The standard InChI is InChI=1S/C12H12Cl2F3NO/c13-7-1-2-9(14)8(5-7)10(19)6-18-11(3-4-11)12(15,16)17/h1-2,5,10,18-19H,3-4,6H2. The summed E-state index contributed by atoms with van der Waals surface area (Å²) in [6.45, 7) is -0.223. The van der Waals surface area contributed by atoms with Gasteiger partial charge in [-0.2, -0.15) is 13.2 Å². The molecule has 1 aromatic rings. The largest absolute Gasteiger partial charge is 0.406 e. The third-order valence-corrected chi connectivity index (χ3v) is 3.82. The molecule has 0 saturated heterocycles. The van der Waals surface area contributed by atoms with E-state index in [-0.39, 0.29) is 24.4 Å². The first-order valence-corrected chi connectivity index (χ1v) is 6.45. The van der Waals surface area contributed by atoms with Gasteiger partial charge >= 0.3 is 6.18 Å². The summed E-state index contributed by atoms with van der Waals surface area (Å²) in [5.41, 5.74) is -1.53. The second-order valence-corrected chi connectivity index (χ2v) is 5.49. The van der Waals surface area contributed by atoms with Gasteiger partial charge in [-0.1, -0.05) is 23.2 Å². The molecular weight excluding hydrogens is 302 g/mol. The second kappa shape index (κ2) is 5.13. The van der Waals surface area contributed by atoms with Crippen LogP contribution in [0.1, 0.15) is 24.5 Å². The number of halogens is 5. The fourth-order valence-electron chi connectivity index (χ4n) is 1.86. The highest BCUT2D eigenvalue weighted by molar-refractivity contribution is 6.33. The van der Waals surface area contributed by atoms with E-state index in [1.165, 1.54) is 12.1 Å². The molecule has 1 aromatic carbocycles. The molecule has 19 heavy (non-hydrogen) atoms. The summed E-state index contributed by atoms with van der Waals surface area (Å²) in [6.07, 6.45) is -5.37. The lowest BCUT2D eigenvalue weighted by Crippen LogP contribution is -2.46. The molecule has 0 heterocycles. The Morgan fingerprint density at radius 1 is 1.32 bits per heavy atom. The Hall–Kier alpha value is -0.490. The number of nitrogens with one attached hydrogen (secondary N) is 1. The van der Waals surface area contributed by atoms with Crippen LogP contribution in [-0.2, 0) is 0 Å². The number of hydrogen-bond donors (Lipinski definition) is 2. The summed E-state index contributed by atoms with van der Waals surface area (Å²) in [5, 5.41) is 12.9. The van der Waals surface area contributed by atoms with Crippen molar-refractivity contribution < 1.29 is 18.3 Å². The van der Waals surface area contributed by atoms with Gasteiger partial charge in [-0.25, -0.2) is 0 Å². The van der Waals surface area contributed by atoms with Crippen molar-refractivity contribution in [3.05, 3.63) is 33.8 Å². The van der Waals surface area contributed by atoms with Crippen LogP contribution in [0.5, 0.6) is 0 Å². The van der Waals surface area contributed by atoms with E-state index in [4.69, 9.17) is 23.2 Å². The SMILES string of the molecule is OC(CNC1(C(F)(F)F)CC1)c1cc(Cl)ccc1Cl. The summed E-state index contributed by atoms with van der Waals surface area (Å²) < 4.78 is 38.1. The summed E-state index contributed by atoms with van der Waals surface area (Å²) in [7, 11) is 0. The maximum absolute atomic E-state index is 12.7. The van der Waals surface area contributed by atoms with Gasteiger partial charge in [0.2, 0.25) is 0 Å². The molecule has 0 aromatic heterocycles. The Labute approximate surface area is 118 Å². The highest BCUT2D eigenvalue weighted by Crippen LogP contribution is 2.49. The minimum atomic E-state index is -4.30. The highest BCUT2D eigenvalue weighted by atomic mass is 35.5. The first-order chi connectivity index (χ1) is 8.75. The van der Waals surface area contributed by atoms with E-state index in [1.54, 1.807) is 6.07 Å². The molecule has 0 amide bonds. The van der Waals surface area contributed by atoms with Gasteiger partial charge < -0.3 is 10.4 Å². The first-order valence-electron chi connectivity index (χ1n) is 5.70. The predicted molar refractivity (Wildman–Crippen MR) is 67.4 cm³/mol. The van der Waals surface area contributed by atoms with Crippen molar-refractivity contribution in [2.24, 2.45) is 0 Å². The molecule has 2 rings (SSSR count). The summed E-state index contributed by atoms with van der Waals surface area (Å²) in [4.78, 5) is 0. The Morgan fingerprint density at radius 3 is 2.47 bits per heavy atom. The number of rotatable bonds is 4. The minimum absolute atomic E-state index is 0.0342. The van der Waals surface area contributed by atoms with Crippen LogP contribution in [-0.4, -0.2) is 23.4 Å². The fraction of sp³-hybridized carbons (Fsp3) is 0.500. The molecule has 2 N–H and O–H groups in total. The summed E-state index contributed by atoms with van der Waals surface area (Å²) in [5.74, 6) is 0. The fourth-order valence-corrected chi connectivity index (χ4v) is 2.28. The second-order valence-electron chi connectivity index (χ2n) is 4.64. The van der Waals surface area contributed by atoms with Crippen LogP contribution in [0.15, 0.2) is 18.2 Å². The predicted octanol–water partition coefficient (Wildman–Crippen LogP) is 3.71. The van der Waals surface area contributed by atoms with Crippen LogP contribution in [0.4, 0.5) is 13.2 Å². The zero-order valence-corrected chi connectivity index (χ0v) is 11.3. The van der Waals surface area contributed by atoms with Crippen LogP contribution in [0.2, 0.25) is 10.0 Å². The van der Waals surface area contributed by atoms with Crippen molar-refractivity contribution in [1.82, 2.24) is 5.32 Å². The zero-order valence-electron chi connectivity index (χ0n) is 9.77. The van der Waals surface area contributed by atoms with Crippen molar-refractivity contribution in [2.75, 3.05) is 6.54 Å². The lowest BCUT2D eigenvalue weighted by molar-refractivity contribution is -0.166. The molecule has 1 aliphatic carbocycles. The number of aliphatic hydroxyl groups excluding tert-OH is 1. The van der Waals surface area contributed by atoms with Crippen molar-refractivity contribution in [3.63, 3.8) is 0 Å². The molecule has 1 aliphatic rings. The average molecular weight is 314 g/mol. The molecule has 1 fully saturated rings. The van der Waals surface area contributed by atoms with Gasteiger partial charge in [0, 0.05) is 22.2 Å². The number of β-amino-alcohol motifs (C(OH)–C–C–N with tert-alkyl or cyclic N) is 1. The van der Waals surface area contributed by atoms with E-state index in [0.29, 0.717) is 10.6 Å². The quantitative estimate of drug-likeness (QED) is 0.888. The molecule has 0 aliphatic heterocycles. The van der Waals surface area contributed by atoms with E-state index in [1.807, 2.05) is 0 Å². The lowest BCUT2D eigenvalue weighted by atomic mass is 10.1. The molecule has 0 bridgehead atoms. The molecular formula is C12H12Cl2F3NO. The van der Waals surface area contributed by atoms with E-state index >= 15 is 0 Å². The van der Waals surface area contributed by atoms with Crippen molar-refractivity contribution in [3.8, 4) is 0 Å². The minimum Gasteiger partial charge on any atom is -0.387 e. The molecule has 1 atom stereocenters. The van der Waals surface area contributed by atoms with E-state index < -0.39 is 17.8 Å². The monoisotopic (exact) mass is 313 g/mol.